The molecule has 94 valence electrons. The summed E-state index contributed by atoms with van der Waals surface area (Å²) >= 11 is 0. The van der Waals surface area contributed by atoms with Crippen molar-refractivity contribution in [1.29, 1.82) is 0 Å². The number of nitrogens with two attached hydrogens (primary N) is 1. The van der Waals surface area contributed by atoms with Gasteiger partial charge in [-0.05, 0) is 11.8 Å². The molecule has 5 heteroatoms. The molecule has 1 aliphatic heterocycles. The first kappa shape index (κ1) is 13.7. The Kier molecular flexibility index (Phi) is 4.21. The van der Waals surface area contributed by atoms with Gasteiger partial charge >= 0.3 is 0 Å². The minimum atomic E-state index is 0. The highest BCUT2D eigenvalue weighted by molar-refractivity contribution is 5.85. The lowest BCUT2D eigenvalue weighted by atomic mass is 10.1. The Morgan fingerprint density at radius 3 is 2.69 bits per heavy atom. The minimum Gasteiger partial charge on any atom is -0.373 e. The van der Waals surface area contributed by atoms with Crippen LogP contribution in [0.4, 0.5) is 0 Å². The number of hydrogen-bond donors (Lipinski definition) is 1. The number of nitrogens with zero attached hydrogens (tertiary/aromatic N) is 1. The number of hydrogen-bond acceptors (Lipinski definition) is 3. The topological polar surface area (TPSA) is 55.6 Å². The molecule has 0 spiro atoms. The van der Waals surface area contributed by atoms with Crippen molar-refractivity contribution in [3.05, 3.63) is 0 Å². The van der Waals surface area contributed by atoms with Gasteiger partial charge in [-0.15, -0.1) is 12.4 Å². The summed E-state index contributed by atoms with van der Waals surface area (Å²) in [5, 5.41) is 0. The SMILES string of the molecule is CC1(C)CC1C(=O)N1CCOC(CN)C1.Cl. The number of ether oxygens (including phenoxy) is 1. The van der Waals surface area contributed by atoms with Crippen molar-refractivity contribution in [2.45, 2.75) is 26.4 Å². The van der Waals surface area contributed by atoms with Gasteiger partial charge in [0.1, 0.15) is 0 Å². The third-order valence-electron chi connectivity index (χ3n) is 3.52. The molecule has 0 bridgehead atoms. The largest absolute Gasteiger partial charge is 0.373 e. The molecule has 2 N–H and O–H groups in total. The molecule has 1 saturated heterocycles. The zero-order valence-electron chi connectivity index (χ0n) is 9.94. The first-order valence-corrected chi connectivity index (χ1v) is 5.65. The van der Waals surface area contributed by atoms with Crippen LogP contribution in [0.25, 0.3) is 0 Å². The summed E-state index contributed by atoms with van der Waals surface area (Å²) in [5.74, 6) is 0.524. The fourth-order valence-corrected chi connectivity index (χ4v) is 2.17. The van der Waals surface area contributed by atoms with Gasteiger partial charge in [-0.1, -0.05) is 13.8 Å². The Morgan fingerprint density at radius 1 is 1.56 bits per heavy atom. The maximum atomic E-state index is 12.1. The second-order valence-corrected chi connectivity index (χ2v) is 5.26. The highest BCUT2D eigenvalue weighted by atomic mass is 35.5. The second kappa shape index (κ2) is 4.90. The fourth-order valence-electron chi connectivity index (χ4n) is 2.17. The van der Waals surface area contributed by atoms with Gasteiger partial charge in [0.15, 0.2) is 0 Å². The van der Waals surface area contributed by atoms with Gasteiger partial charge in [-0.25, -0.2) is 0 Å². The van der Waals surface area contributed by atoms with Crippen LogP contribution in [0.5, 0.6) is 0 Å². The van der Waals surface area contributed by atoms with E-state index >= 15 is 0 Å². The molecule has 0 aromatic rings. The number of halogens is 1. The Balaban J connectivity index is 0.00000128. The average molecular weight is 249 g/mol. The molecule has 1 heterocycles. The summed E-state index contributed by atoms with van der Waals surface area (Å²) in [6, 6.07) is 0. The predicted molar refractivity (Wildman–Crippen MR) is 64.5 cm³/mol. The van der Waals surface area contributed by atoms with E-state index in [1.54, 1.807) is 0 Å². The number of morpholine rings is 1. The highest BCUT2D eigenvalue weighted by Gasteiger charge is 2.52. The summed E-state index contributed by atoms with van der Waals surface area (Å²) in [4.78, 5) is 14.0. The van der Waals surface area contributed by atoms with Crippen LogP contribution in [0.1, 0.15) is 20.3 Å². The molecule has 0 aromatic heterocycles. The van der Waals surface area contributed by atoms with E-state index in [0.717, 1.165) is 13.0 Å². The van der Waals surface area contributed by atoms with E-state index < -0.39 is 0 Å². The molecule has 2 unspecified atom stereocenters. The summed E-state index contributed by atoms with van der Waals surface area (Å²) in [5.41, 5.74) is 5.76. The van der Waals surface area contributed by atoms with Gasteiger partial charge in [-0.2, -0.15) is 0 Å². The maximum absolute atomic E-state index is 12.1. The molecule has 1 saturated carbocycles. The van der Waals surface area contributed by atoms with Crippen molar-refractivity contribution in [3.8, 4) is 0 Å². The number of carbonyl (C=O) groups excluding carboxylic acids is 1. The van der Waals surface area contributed by atoms with Gasteiger partial charge in [0.25, 0.3) is 0 Å². The van der Waals surface area contributed by atoms with Gasteiger partial charge in [0.2, 0.25) is 5.91 Å². The lowest BCUT2D eigenvalue weighted by molar-refractivity contribution is -0.140. The summed E-state index contributed by atoms with van der Waals surface area (Å²) in [7, 11) is 0. The number of amides is 1. The summed E-state index contributed by atoms with van der Waals surface area (Å²) in [6.45, 7) is 6.81. The van der Waals surface area contributed by atoms with Crippen molar-refractivity contribution < 1.29 is 9.53 Å². The minimum absolute atomic E-state index is 0. The number of rotatable bonds is 2. The molecule has 1 aliphatic carbocycles. The van der Waals surface area contributed by atoms with Gasteiger partial charge in [-0.3, -0.25) is 4.79 Å². The van der Waals surface area contributed by atoms with E-state index in [9.17, 15) is 4.79 Å². The normalized spacial score (nSPS) is 31.8. The molecule has 1 amide bonds. The Hall–Kier alpha value is -0.320. The van der Waals surface area contributed by atoms with Crippen LogP contribution in [0.15, 0.2) is 0 Å². The molecular weight excluding hydrogens is 228 g/mol. The zero-order chi connectivity index (χ0) is 11.1. The smallest absolute Gasteiger partial charge is 0.226 e. The molecule has 2 aliphatic rings. The molecular formula is C11H21ClN2O2. The van der Waals surface area contributed by atoms with E-state index in [0.29, 0.717) is 25.6 Å². The van der Waals surface area contributed by atoms with E-state index in [1.165, 1.54) is 0 Å². The van der Waals surface area contributed by atoms with E-state index in [-0.39, 0.29) is 29.8 Å². The molecule has 0 radical (unpaired) electrons. The predicted octanol–water partition coefficient (Wildman–Crippen LogP) is 0.640. The maximum Gasteiger partial charge on any atom is 0.226 e. The average Bonchev–Trinajstić information content (AvgIpc) is 2.87. The first-order valence-electron chi connectivity index (χ1n) is 5.65. The second-order valence-electron chi connectivity index (χ2n) is 5.26. The van der Waals surface area contributed by atoms with E-state index in [2.05, 4.69) is 13.8 Å². The molecule has 4 nitrogen and oxygen atoms in total. The van der Waals surface area contributed by atoms with Crippen LogP contribution < -0.4 is 5.73 Å². The van der Waals surface area contributed by atoms with Gasteiger partial charge in [0.05, 0.1) is 12.7 Å². The van der Waals surface area contributed by atoms with Gasteiger partial charge < -0.3 is 15.4 Å². The third-order valence-corrected chi connectivity index (χ3v) is 3.52. The highest BCUT2D eigenvalue weighted by Crippen LogP contribution is 2.52. The first-order chi connectivity index (χ1) is 7.04. The molecule has 2 fully saturated rings. The number of carbonyl (C=O) groups is 1. The quantitative estimate of drug-likeness (QED) is 0.780. The Labute approximate surface area is 103 Å². The van der Waals surface area contributed by atoms with Gasteiger partial charge in [0, 0.05) is 25.6 Å². The molecule has 16 heavy (non-hydrogen) atoms. The third kappa shape index (κ3) is 2.67. The van der Waals surface area contributed by atoms with Crippen molar-refractivity contribution >= 4 is 18.3 Å². The van der Waals surface area contributed by atoms with Crippen molar-refractivity contribution in [2.24, 2.45) is 17.1 Å². The van der Waals surface area contributed by atoms with Crippen LogP contribution in [-0.2, 0) is 9.53 Å². The van der Waals surface area contributed by atoms with E-state index in [4.69, 9.17) is 10.5 Å². The van der Waals surface area contributed by atoms with Crippen LogP contribution in [0.2, 0.25) is 0 Å². The molecule has 0 aromatic carbocycles. The van der Waals surface area contributed by atoms with E-state index in [1.807, 2.05) is 4.90 Å². The lowest BCUT2D eigenvalue weighted by Gasteiger charge is -2.32. The van der Waals surface area contributed by atoms with Crippen LogP contribution in [0, 0.1) is 11.3 Å². The Bertz CT molecular complexity index is 271. The molecule has 2 atom stereocenters. The van der Waals surface area contributed by atoms with Crippen LogP contribution >= 0.6 is 12.4 Å². The Morgan fingerprint density at radius 2 is 2.19 bits per heavy atom. The van der Waals surface area contributed by atoms with Crippen molar-refractivity contribution in [3.63, 3.8) is 0 Å². The van der Waals surface area contributed by atoms with Crippen molar-refractivity contribution in [2.75, 3.05) is 26.2 Å². The summed E-state index contributed by atoms with van der Waals surface area (Å²) in [6.07, 6.45) is 1.06. The van der Waals surface area contributed by atoms with Crippen LogP contribution in [-0.4, -0.2) is 43.2 Å². The standard InChI is InChI=1S/C11H20N2O2.ClH/c1-11(2)5-9(11)10(14)13-3-4-15-8(6-12)7-13;/h8-9H,3-7,12H2,1-2H3;1H. The fraction of sp³-hybridized carbons (Fsp3) is 0.909. The summed E-state index contributed by atoms with van der Waals surface area (Å²) < 4.78 is 5.44. The van der Waals surface area contributed by atoms with Crippen molar-refractivity contribution in [1.82, 2.24) is 4.90 Å². The lowest BCUT2D eigenvalue weighted by Crippen LogP contribution is -2.49. The zero-order valence-corrected chi connectivity index (χ0v) is 10.8. The monoisotopic (exact) mass is 248 g/mol. The molecule has 2 rings (SSSR count). The van der Waals surface area contributed by atoms with Crippen LogP contribution in [0.3, 0.4) is 0 Å².